The number of nitrogens with one attached hydrogen (secondary N) is 1. The molecule has 0 saturated carbocycles. The van der Waals surface area contributed by atoms with E-state index in [-0.39, 0.29) is 16.2 Å². The molecule has 10 heteroatoms. The predicted octanol–water partition coefficient (Wildman–Crippen LogP) is 9.66. The van der Waals surface area contributed by atoms with Crippen LogP contribution in [0.25, 0.3) is 11.5 Å². The van der Waals surface area contributed by atoms with Crippen LogP contribution in [0.4, 0.5) is 5.69 Å². The molecule has 0 saturated heterocycles. The largest absolute Gasteiger partial charge is 0.418 e. The standard InChI is InChI=1S/C32H47ClN4O3Si2/c1-21-26(18-17-25(19-34)27(21)33)35-28(22(2)40-42(11,12)32(6,7)8)30-37-36-29(39-30)24-15-13-23(14-16-24)20-38-41(9,10)31(3,4)5/h13-18,22,28,35H,20H2,1-12H3/t22-,28+/m0/s1. The zero-order valence-electron chi connectivity index (χ0n) is 27.3. The molecule has 42 heavy (non-hydrogen) atoms. The second-order valence-electron chi connectivity index (χ2n) is 14.1. The summed E-state index contributed by atoms with van der Waals surface area (Å²) in [6.07, 6.45) is -0.289. The van der Waals surface area contributed by atoms with Gasteiger partial charge in [-0.1, -0.05) is 65.3 Å². The molecule has 0 bridgehead atoms. The molecule has 0 unspecified atom stereocenters. The van der Waals surface area contributed by atoms with Crippen LogP contribution in [-0.2, 0) is 15.5 Å². The molecule has 2 aromatic carbocycles. The Morgan fingerprint density at radius 3 is 2.10 bits per heavy atom. The Balaban J connectivity index is 1.90. The van der Waals surface area contributed by atoms with Gasteiger partial charge in [-0.15, -0.1) is 10.2 Å². The molecule has 3 aromatic rings. The quantitative estimate of drug-likeness (QED) is 0.224. The van der Waals surface area contributed by atoms with Crippen LogP contribution in [0.2, 0.25) is 41.3 Å². The highest BCUT2D eigenvalue weighted by Crippen LogP contribution is 2.40. The predicted molar refractivity (Wildman–Crippen MR) is 177 cm³/mol. The van der Waals surface area contributed by atoms with E-state index in [0.29, 0.717) is 29.0 Å². The van der Waals surface area contributed by atoms with Crippen LogP contribution in [0, 0.1) is 18.3 Å². The number of halogens is 1. The first-order chi connectivity index (χ1) is 19.3. The summed E-state index contributed by atoms with van der Waals surface area (Å²) in [7, 11) is -3.97. The molecule has 0 aliphatic carbocycles. The van der Waals surface area contributed by atoms with Gasteiger partial charge in [0.15, 0.2) is 16.6 Å². The van der Waals surface area contributed by atoms with Gasteiger partial charge in [-0.25, -0.2) is 0 Å². The molecular weight excluding hydrogens is 580 g/mol. The average molecular weight is 627 g/mol. The smallest absolute Gasteiger partial charge is 0.247 e. The van der Waals surface area contributed by atoms with Crippen LogP contribution < -0.4 is 5.32 Å². The van der Waals surface area contributed by atoms with Gasteiger partial charge in [0.25, 0.3) is 0 Å². The molecular formula is C32H47ClN4O3Si2. The molecule has 7 nitrogen and oxygen atoms in total. The molecule has 1 aromatic heterocycles. The third-order valence-corrected chi connectivity index (χ3v) is 18.4. The van der Waals surface area contributed by atoms with Gasteiger partial charge in [0.2, 0.25) is 11.8 Å². The van der Waals surface area contributed by atoms with Crippen LogP contribution in [0.1, 0.15) is 77.1 Å². The highest BCUT2D eigenvalue weighted by atomic mass is 35.5. The van der Waals surface area contributed by atoms with E-state index in [1.807, 2.05) is 44.2 Å². The van der Waals surface area contributed by atoms with Crippen molar-refractivity contribution in [3.8, 4) is 17.5 Å². The molecule has 1 heterocycles. The lowest BCUT2D eigenvalue weighted by Gasteiger charge is -2.40. The van der Waals surface area contributed by atoms with Crippen molar-refractivity contribution in [3.05, 3.63) is 64.0 Å². The summed E-state index contributed by atoms with van der Waals surface area (Å²) in [5, 5.41) is 22.4. The summed E-state index contributed by atoms with van der Waals surface area (Å²) < 4.78 is 19.4. The minimum absolute atomic E-state index is 0.0233. The topological polar surface area (TPSA) is 93.2 Å². The SMILES string of the molecule is Cc1c(N[C@@H](c2nnc(-c3ccc(CO[Si](C)(C)C(C)(C)C)cc3)o2)[C@H](C)O[Si](C)(C)C(C)(C)C)ccc(C#N)c1Cl. The molecule has 228 valence electrons. The van der Waals surface area contributed by atoms with Crippen molar-refractivity contribution in [1.29, 1.82) is 5.26 Å². The fraction of sp³-hybridized carbons (Fsp3) is 0.531. The Morgan fingerprint density at radius 2 is 1.55 bits per heavy atom. The molecule has 2 atom stereocenters. The monoisotopic (exact) mass is 626 g/mol. The van der Waals surface area contributed by atoms with Gasteiger partial charge in [0.1, 0.15) is 12.1 Å². The van der Waals surface area contributed by atoms with Crippen molar-refractivity contribution in [3.63, 3.8) is 0 Å². The van der Waals surface area contributed by atoms with Crippen molar-refractivity contribution >= 4 is 33.9 Å². The van der Waals surface area contributed by atoms with Gasteiger partial charge in [-0.05, 0) is 85.5 Å². The number of anilines is 1. The minimum atomic E-state index is -2.13. The van der Waals surface area contributed by atoms with Crippen LogP contribution in [-0.4, -0.2) is 32.9 Å². The summed E-state index contributed by atoms with van der Waals surface area (Å²) in [5.74, 6) is 0.851. The van der Waals surface area contributed by atoms with E-state index >= 15 is 0 Å². The lowest BCUT2D eigenvalue weighted by molar-refractivity contribution is 0.166. The maximum absolute atomic E-state index is 9.40. The van der Waals surface area contributed by atoms with Crippen LogP contribution in [0.15, 0.2) is 40.8 Å². The molecule has 0 spiro atoms. The summed E-state index contributed by atoms with van der Waals surface area (Å²) in [5.41, 5.74) is 3.92. The Morgan fingerprint density at radius 1 is 0.952 bits per heavy atom. The van der Waals surface area contributed by atoms with Gasteiger partial charge >= 0.3 is 0 Å². The molecule has 0 amide bonds. The number of aromatic nitrogens is 2. The number of benzene rings is 2. The first-order valence-corrected chi connectivity index (χ1v) is 20.7. The molecule has 3 rings (SSSR count). The Hall–Kier alpha value is -2.49. The second-order valence-corrected chi connectivity index (χ2v) is 24.1. The Bertz CT molecular complexity index is 1420. The van der Waals surface area contributed by atoms with Crippen LogP contribution in [0.5, 0.6) is 0 Å². The fourth-order valence-corrected chi connectivity index (χ4v) is 6.47. The third kappa shape index (κ3) is 7.72. The highest BCUT2D eigenvalue weighted by molar-refractivity contribution is 6.74. The zero-order valence-corrected chi connectivity index (χ0v) is 30.0. The zero-order chi connectivity index (χ0) is 31.7. The molecule has 0 aliphatic heterocycles. The van der Waals surface area contributed by atoms with Gasteiger partial charge in [0, 0.05) is 11.3 Å². The summed E-state index contributed by atoms with van der Waals surface area (Å²) in [6.45, 7) is 26.8. The molecule has 0 fully saturated rings. The fourth-order valence-electron chi connectivity index (χ4n) is 3.89. The lowest BCUT2D eigenvalue weighted by Crippen LogP contribution is -2.45. The van der Waals surface area contributed by atoms with Crippen molar-refractivity contribution in [1.82, 2.24) is 10.2 Å². The van der Waals surface area contributed by atoms with Gasteiger partial charge in [0.05, 0.1) is 23.3 Å². The maximum atomic E-state index is 9.40. The Kier molecular flexibility index (Phi) is 10.2. The Labute approximate surface area is 259 Å². The minimum Gasteiger partial charge on any atom is -0.418 e. The van der Waals surface area contributed by atoms with Crippen molar-refractivity contribution in [2.24, 2.45) is 0 Å². The molecule has 0 radical (unpaired) electrons. The van der Waals surface area contributed by atoms with Crippen molar-refractivity contribution in [2.45, 2.75) is 110 Å². The number of nitriles is 1. The van der Waals surface area contributed by atoms with Crippen LogP contribution in [0.3, 0.4) is 0 Å². The number of hydrogen-bond donors (Lipinski definition) is 1. The number of hydrogen-bond acceptors (Lipinski definition) is 7. The maximum Gasteiger partial charge on any atom is 0.247 e. The average Bonchev–Trinajstić information content (AvgIpc) is 3.37. The highest BCUT2D eigenvalue weighted by Gasteiger charge is 2.41. The van der Waals surface area contributed by atoms with E-state index in [9.17, 15) is 5.26 Å². The normalized spacial score (nSPS) is 14.4. The molecule has 1 N–H and O–H groups in total. The van der Waals surface area contributed by atoms with E-state index in [1.165, 1.54) is 0 Å². The summed E-state index contributed by atoms with van der Waals surface area (Å²) in [4.78, 5) is 0. The third-order valence-electron chi connectivity index (χ3n) is 8.89. The molecule has 0 aliphatic rings. The van der Waals surface area contributed by atoms with E-state index in [0.717, 1.165) is 22.4 Å². The number of rotatable bonds is 10. The van der Waals surface area contributed by atoms with E-state index in [4.69, 9.17) is 24.9 Å². The summed E-state index contributed by atoms with van der Waals surface area (Å²) in [6, 6.07) is 13.3. The van der Waals surface area contributed by atoms with Crippen LogP contribution >= 0.6 is 11.6 Å². The van der Waals surface area contributed by atoms with E-state index < -0.39 is 22.7 Å². The van der Waals surface area contributed by atoms with E-state index in [1.54, 1.807) is 6.07 Å². The first-order valence-electron chi connectivity index (χ1n) is 14.5. The van der Waals surface area contributed by atoms with Crippen molar-refractivity contribution in [2.75, 3.05) is 5.32 Å². The van der Waals surface area contributed by atoms with Gasteiger partial charge in [-0.2, -0.15) is 5.26 Å². The van der Waals surface area contributed by atoms with Gasteiger partial charge < -0.3 is 18.6 Å². The first kappa shape index (κ1) is 34.0. The number of nitrogens with zero attached hydrogens (tertiary/aromatic N) is 3. The second kappa shape index (κ2) is 12.6. The van der Waals surface area contributed by atoms with E-state index in [2.05, 4.69) is 89.3 Å². The summed E-state index contributed by atoms with van der Waals surface area (Å²) >= 11 is 6.50. The lowest BCUT2D eigenvalue weighted by atomic mass is 10.1. The van der Waals surface area contributed by atoms with Crippen molar-refractivity contribution < 1.29 is 13.3 Å². The van der Waals surface area contributed by atoms with Gasteiger partial charge in [-0.3, -0.25) is 0 Å².